The quantitative estimate of drug-likeness (QED) is 0.522. The molecule has 0 atom stereocenters. The van der Waals surface area contributed by atoms with Crippen LogP contribution in [0.5, 0.6) is 5.75 Å². The van der Waals surface area contributed by atoms with Gasteiger partial charge in [-0.3, -0.25) is 4.79 Å². The number of benzene rings is 2. The summed E-state index contributed by atoms with van der Waals surface area (Å²) in [5.74, 6) is -0.133. The van der Waals surface area contributed by atoms with Crippen molar-refractivity contribution in [2.45, 2.75) is 40.2 Å². The molecule has 0 bridgehead atoms. The molecule has 0 aliphatic heterocycles. The minimum absolute atomic E-state index is 0.0758. The van der Waals surface area contributed by atoms with Crippen molar-refractivity contribution in [3.05, 3.63) is 64.8 Å². The van der Waals surface area contributed by atoms with Gasteiger partial charge in [0.25, 0.3) is 5.91 Å². The lowest BCUT2D eigenvalue weighted by atomic mass is 10.0. The number of nitrogens with zero attached hydrogens (tertiary/aromatic N) is 1. The Balaban J connectivity index is 2.01. The second-order valence-electron chi connectivity index (χ2n) is 8.19. The zero-order valence-electron chi connectivity index (χ0n) is 18.6. The van der Waals surface area contributed by atoms with Gasteiger partial charge >= 0.3 is 5.97 Å². The van der Waals surface area contributed by atoms with Crippen LogP contribution in [0.3, 0.4) is 0 Å². The summed E-state index contributed by atoms with van der Waals surface area (Å²) in [6, 6.07) is 10.8. The fraction of sp³-hybridized carbons (Fsp3) is 0.360. The number of hydrogen-bond donors (Lipinski definition) is 2. The van der Waals surface area contributed by atoms with Crippen LogP contribution in [0, 0.1) is 5.92 Å². The first kappa shape index (κ1) is 22.4. The summed E-state index contributed by atoms with van der Waals surface area (Å²) in [6.45, 7) is 7.77. The van der Waals surface area contributed by atoms with Crippen molar-refractivity contribution < 1.29 is 19.4 Å². The molecule has 0 unspecified atom stereocenters. The van der Waals surface area contributed by atoms with Crippen LogP contribution >= 0.6 is 0 Å². The minimum atomic E-state index is -0.985. The van der Waals surface area contributed by atoms with Gasteiger partial charge < -0.3 is 19.7 Å². The number of rotatable bonds is 9. The Bertz CT molecular complexity index is 1100. The molecule has 164 valence electrons. The lowest BCUT2D eigenvalue weighted by Crippen LogP contribution is -2.27. The molecule has 0 radical (unpaired) electrons. The number of carbonyl (C=O) groups is 2. The van der Waals surface area contributed by atoms with E-state index in [4.69, 9.17) is 4.74 Å². The highest BCUT2D eigenvalue weighted by atomic mass is 16.5. The molecule has 3 rings (SSSR count). The van der Waals surface area contributed by atoms with E-state index < -0.39 is 5.97 Å². The van der Waals surface area contributed by atoms with Gasteiger partial charge in [-0.05, 0) is 53.8 Å². The molecule has 2 aromatic carbocycles. The molecule has 0 spiro atoms. The first-order valence-corrected chi connectivity index (χ1v) is 10.6. The molecule has 0 saturated carbocycles. The predicted molar refractivity (Wildman–Crippen MR) is 122 cm³/mol. The van der Waals surface area contributed by atoms with Gasteiger partial charge in [0, 0.05) is 42.2 Å². The molecule has 6 nitrogen and oxygen atoms in total. The summed E-state index contributed by atoms with van der Waals surface area (Å²) in [7, 11) is 1.54. The van der Waals surface area contributed by atoms with Crippen LogP contribution in [0.1, 0.15) is 59.0 Å². The number of methoxy groups -OCH3 is 1. The van der Waals surface area contributed by atoms with Crippen LogP contribution in [0.4, 0.5) is 0 Å². The van der Waals surface area contributed by atoms with E-state index in [0.717, 1.165) is 35.0 Å². The highest BCUT2D eigenvalue weighted by Crippen LogP contribution is 2.29. The SMILES string of the molecule is CCCn1cc(Cc2ccc(C(=O)O)cc2OC)c2cc(C(=O)NCC(C)C)ccc21. The van der Waals surface area contributed by atoms with Gasteiger partial charge in [0.05, 0.1) is 12.7 Å². The zero-order valence-corrected chi connectivity index (χ0v) is 18.6. The van der Waals surface area contributed by atoms with Gasteiger partial charge in [0.15, 0.2) is 0 Å². The van der Waals surface area contributed by atoms with Crippen molar-refractivity contribution in [1.82, 2.24) is 9.88 Å². The van der Waals surface area contributed by atoms with E-state index in [1.807, 2.05) is 18.2 Å². The third kappa shape index (κ3) is 5.08. The number of aromatic carboxylic acids is 1. The number of carbonyl (C=O) groups excluding carboxylic acids is 1. The number of amides is 1. The van der Waals surface area contributed by atoms with E-state index in [9.17, 15) is 14.7 Å². The number of carboxylic acid groups (broad SMARTS) is 1. The van der Waals surface area contributed by atoms with Crippen LogP contribution in [0.15, 0.2) is 42.6 Å². The van der Waals surface area contributed by atoms with E-state index in [1.54, 1.807) is 25.3 Å². The number of aromatic nitrogens is 1. The fourth-order valence-corrected chi connectivity index (χ4v) is 3.71. The number of hydrogen-bond acceptors (Lipinski definition) is 3. The zero-order chi connectivity index (χ0) is 22.5. The van der Waals surface area contributed by atoms with E-state index in [2.05, 4.69) is 36.9 Å². The van der Waals surface area contributed by atoms with E-state index in [0.29, 0.717) is 30.2 Å². The molecular formula is C25H30N2O4. The normalized spacial score (nSPS) is 11.1. The second-order valence-corrected chi connectivity index (χ2v) is 8.19. The molecule has 31 heavy (non-hydrogen) atoms. The van der Waals surface area contributed by atoms with Gasteiger partial charge in [0.1, 0.15) is 5.75 Å². The maximum absolute atomic E-state index is 12.6. The smallest absolute Gasteiger partial charge is 0.335 e. The van der Waals surface area contributed by atoms with Crippen LogP contribution in [-0.4, -0.2) is 35.2 Å². The molecule has 1 aromatic heterocycles. The molecule has 3 aromatic rings. The molecule has 0 aliphatic carbocycles. The summed E-state index contributed by atoms with van der Waals surface area (Å²) in [5, 5.41) is 13.3. The number of nitrogens with one attached hydrogen (secondary N) is 1. The Labute approximate surface area is 182 Å². The van der Waals surface area contributed by atoms with Gasteiger partial charge in [-0.15, -0.1) is 0 Å². The van der Waals surface area contributed by atoms with Gasteiger partial charge in [-0.1, -0.05) is 26.8 Å². The molecule has 2 N–H and O–H groups in total. The van der Waals surface area contributed by atoms with Crippen LogP contribution in [-0.2, 0) is 13.0 Å². The maximum atomic E-state index is 12.6. The summed E-state index contributed by atoms with van der Waals surface area (Å²) >= 11 is 0. The van der Waals surface area contributed by atoms with Crippen LogP contribution < -0.4 is 10.1 Å². The summed E-state index contributed by atoms with van der Waals surface area (Å²) in [6.07, 6.45) is 3.69. The van der Waals surface area contributed by atoms with Crippen molar-refractivity contribution in [1.29, 1.82) is 0 Å². The third-order valence-electron chi connectivity index (χ3n) is 5.28. The van der Waals surface area contributed by atoms with E-state index in [1.165, 1.54) is 0 Å². The molecule has 0 saturated heterocycles. The number of carboxylic acids is 1. The average Bonchev–Trinajstić information content (AvgIpc) is 3.09. The van der Waals surface area contributed by atoms with Crippen LogP contribution in [0.2, 0.25) is 0 Å². The average molecular weight is 423 g/mol. The van der Waals surface area contributed by atoms with Gasteiger partial charge in [-0.25, -0.2) is 4.79 Å². The molecular weight excluding hydrogens is 392 g/mol. The first-order chi connectivity index (χ1) is 14.8. The molecule has 1 heterocycles. The van der Waals surface area contributed by atoms with E-state index in [-0.39, 0.29) is 11.5 Å². The summed E-state index contributed by atoms with van der Waals surface area (Å²) in [4.78, 5) is 23.9. The molecule has 0 aliphatic rings. The topological polar surface area (TPSA) is 80.6 Å². The van der Waals surface area contributed by atoms with Crippen molar-refractivity contribution in [2.24, 2.45) is 5.92 Å². The highest BCUT2D eigenvalue weighted by molar-refractivity contribution is 5.99. The largest absolute Gasteiger partial charge is 0.496 e. The lowest BCUT2D eigenvalue weighted by Gasteiger charge is -2.10. The van der Waals surface area contributed by atoms with Gasteiger partial charge in [0.2, 0.25) is 0 Å². The highest BCUT2D eigenvalue weighted by Gasteiger charge is 2.16. The Morgan fingerprint density at radius 2 is 1.84 bits per heavy atom. The molecule has 6 heteroatoms. The lowest BCUT2D eigenvalue weighted by molar-refractivity contribution is 0.0696. The Morgan fingerprint density at radius 1 is 1.10 bits per heavy atom. The minimum Gasteiger partial charge on any atom is -0.496 e. The Kier molecular flexibility index (Phi) is 7.00. The van der Waals surface area contributed by atoms with Crippen molar-refractivity contribution in [3.8, 4) is 5.75 Å². The first-order valence-electron chi connectivity index (χ1n) is 10.6. The monoisotopic (exact) mass is 422 g/mol. The van der Waals surface area contributed by atoms with Gasteiger partial charge in [-0.2, -0.15) is 0 Å². The Morgan fingerprint density at radius 3 is 2.48 bits per heavy atom. The van der Waals surface area contributed by atoms with Crippen molar-refractivity contribution in [3.63, 3.8) is 0 Å². The second kappa shape index (κ2) is 9.69. The fourth-order valence-electron chi connectivity index (χ4n) is 3.71. The number of fused-ring (bicyclic) bond motifs is 1. The summed E-state index contributed by atoms with van der Waals surface area (Å²) in [5.41, 5.74) is 3.88. The van der Waals surface area contributed by atoms with Crippen molar-refractivity contribution in [2.75, 3.05) is 13.7 Å². The third-order valence-corrected chi connectivity index (χ3v) is 5.28. The van der Waals surface area contributed by atoms with E-state index >= 15 is 0 Å². The Hall–Kier alpha value is -3.28. The molecule has 1 amide bonds. The predicted octanol–water partition coefficient (Wildman–Crippen LogP) is 4.73. The van der Waals surface area contributed by atoms with Crippen molar-refractivity contribution >= 4 is 22.8 Å². The van der Waals surface area contributed by atoms with Crippen LogP contribution in [0.25, 0.3) is 10.9 Å². The molecule has 0 fully saturated rings. The standard InChI is InChI=1S/C25H30N2O4/c1-5-10-27-15-20(11-17-6-7-19(25(29)30)13-23(17)31-4)21-12-18(8-9-22(21)27)24(28)26-14-16(2)3/h6-9,12-13,15-16H,5,10-11,14H2,1-4H3,(H,26,28)(H,29,30). The maximum Gasteiger partial charge on any atom is 0.335 e. The number of aryl methyl sites for hydroxylation is 1. The summed E-state index contributed by atoms with van der Waals surface area (Å²) < 4.78 is 7.66. The number of ether oxygens (including phenoxy) is 1.